The second kappa shape index (κ2) is 11.4. The smallest absolute Gasteiger partial charge is 0.266 e. The molecule has 1 fully saturated rings. The molecule has 0 atom stereocenters. The topological polar surface area (TPSA) is 93.7 Å². The molecule has 36 heavy (non-hydrogen) atoms. The van der Waals surface area contributed by atoms with Gasteiger partial charge in [-0.15, -0.1) is 11.3 Å². The molecule has 9 nitrogen and oxygen atoms in total. The summed E-state index contributed by atoms with van der Waals surface area (Å²) >= 11 is 11.7. The van der Waals surface area contributed by atoms with Gasteiger partial charge in [-0.25, -0.2) is 22.8 Å². The highest BCUT2D eigenvalue weighted by Crippen LogP contribution is 2.34. The van der Waals surface area contributed by atoms with E-state index in [2.05, 4.69) is 37.7 Å². The second-order valence-corrected chi connectivity index (χ2v) is 11.6. The van der Waals surface area contributed by atoms with Gasteiger partial charge in [0.25, 0.3) is 10.0 Å². The van der Waals surface area contributed by atoms with Crippen LogP contribution in [0.15, 0.2) is 40.9 Å². The number of aromatic nitrogens is 2. The number of benzene rings is 1. The molecule has 1 aliphatic rings. The van der Waals surface area contributed by atoms with Crippen LogP contribution in [0.4, 0.5) is 31.0 Å². The minimum Gasteiger partial charge on any atom is -0.371 e. The maximum Gasteiger partial charge on any atom is 0.266 e. The summed E-state index contributed by atoms with van der Waals surface area (Å²) < 4.78 is 58.3. The van der Waals surface area contributed by atoms with Crippen molar-refractivity contribution in [3.05, 3.63) is 52.8 Å². The Morgan fingerprint density at radius 1 is 1.17 bits per heavy atom. The molecule has 2 aromatic heterocycles. The number of likely N-dealkylation sites (N-methyl/N-ethyl adjacent to an activating group) is 1. The zero-order chi connectivity index (χ0) is 25.9. The Morgan fingerprint density at radius 3 is 2.61 bits per heavy atom. The largest absolute Gasteiger partial charge is 0.371 e. The molecular formula is C21H24ClF2N7O2S3. The van der Waals surface area contributed by atoms with Gasteiger partial charge < -0.3 is 10.2 Å². The van der Waals surface area contributed by atoms with Crippen molar-refractivity contribution in [3.63, 3.8) is 0 Å². The van der Waals surface area contributed by atoms with Gasteiger partial charge >= 0.3 is 0 Å². The third kappa shape index (κ3) is 6.55. The van der Waals surface area contributed by atoms with E-state index in [4.69, 9.17) is 11.6 Å². The van der Waals surface area contributed by atoms with Crippen molar-refractivity contribution >= 4 is 68.0 Å². The predicted octanol–water partition coefficient (Wildman–Crippen LogP) is 3.91. The van der Waals surface area contributed by atoms with Crippen molar-refractivity contribution < 1.29 is 17.2 Å². The van der Waals surface area contributed by atoms with Crippen LogP contribution in [-0.4, -0.2) is 73.9 Å². The van der Waals surface area contributed by atoms with E-state index in [1.54, 1.807) is 5.38 Å². The number of hydrogen-bond donors (Lipinski definition) is 3. The number of rotatable bonds is 9. The van der Waals surface area contributed by atoms with Crippen LogP contribution < -0.4 is 14.9 Å². The summed E-state index contributed by atoms with van der Waals surface area (Å²) in [7, 11) is -2.43. The normalized spacial score (nSPS) is 15.1. The van der Waals surface area contributed by atoms with Gasteiger partial charge in [-0.2, -0.15) is 4.39 Å². The maximum absolute atomic E-state index is 14.9. The Labute approximate surface area is 222 Å². The number of nitrogens with one attached hydrogen (secondary N) is 2. The van der Waals surface area contributed by atoms with E-state index < -0.39 is 26.7 Å². The highest BCUT2D eigenvalue weighted by atomic mass is 35.5. The Hall–Kier alpha value is -2.23. The molecule has 15 heteroatoms. The average Bonchev–Trinajstić information content (AvgIpc) is 3.34. The first kappa shape index (κ1) is 26.8. The van der Waals surface area contributed by atoms with Crippen molar-refractivity contribution in [3.8, 4) is 0 Å². The van der Waals surface area contributed by atoms with Crippen LogP contribution in [0.1, 0.15) is 0 Å². The van der Waals surface area contributed by atoms with Crippen LogP contribution in [0.25, 0.3) is 0 Å². The number of halogens is 3. The van der Waals surface area contributed by atoms with E-state index in [-0.39, 0.29) is 15.8 Å². The summed E-state index contributed by atoms with van der Waals surface area (Å²) in [5.74, 6) is -1.68. The number of sulfonamides is 1. The molecule has 3 heterocycles. The Balaban J connectivity index is 1.52. The SMILES string of the molecule is CN(CCN1CCN(S)CC1)c1cc(F)ncc1Nc1cc(F)c(S(=O)(=O)Nc2nccs2)cc1Cl. The molecule has 0 aliphatic carbocycles. The van der Waals surface area contributed by atoms with E-state index in [1.807, 2.05) is 16.3 Å². The number of piperazine rings is 1. The number of pyridine rings is 1. The zero-order valence-corrected chi connectivity index (χ0v) is 22.4. The summed E-state index contributed by atoms with van der Waals surface area (Å²) in [6, 6.07) is 3.26. The predicted molar refractivity (Wildman–Crippen MR) is 142 cm³/mol. The first-order valence-electron chi connectivity index (χ1n) is 10.8. The molecule has 1 aliphatic heterocycles. The van der Waals surface area contributed by atoms with Crippen molar-refractivity contribution in [2.45, 2.75) is 4.90 Å². The van der Waals surface area contributed by atoms with Gasteiger partial charge in [-0.1, -0.05) is 24.4 Å². The fourth-order valence-electron chi connectivity index (χ4n) is 3.62. The van der Waals surface area contributed by atoms with Crippen LogP contribution in [0.5, 0.6) is 0 Å². The van der Waals surface area contributed by atoms with Crippen LogP contribution in [0.3, 0.4) is 0 Å². The van der Waals surface area contributed by atoms with E-state index in [0.29, 0.717) is 17.9 Å². The quantitative estimate of drug-likeness (QED) is 0.261. The lowest BCUT2D eigenvalue weighted by Gasteiger charge is -2.33. The lowest BCUT2D eigenvalue weighted by Crippen LogP contribution is -2.45. The summed E-state index contributed by atoms with van der Waals surface area (Å²) in [4.78, 5) is 11.1. The monoisotopic (exact) mass is 575 g/mol. The van der Waals surface area contributed by atoms with Crippen LogP contribution in [-0.2, 0) is 10.0 Å². The third-order valence-corrected chi connectivity index (χ3v) is 8.48. The molecule has 0 spiro atoms. The Morgan fingerprint density at radius 2 is 1.92 bits per heavy atom. The van der Waals surface area contributed by atoms with Crippen LogP contribution in [0, 0.1) is 11.8 Å². The Kier molecular flexibility index (Phi) is 8.52. The number of thiazole rings is 1. The second-order valence-electron chi connectivity index (χ2n) is 8.07. The van der Waals surface area contributed by atoms with Crippen LogP contribution >= 0.6 is 35.8 Å². The van der Waals surface area contributed by atoms with Gasteiger partial charge in [0.15, 0.2) is 5.13 Å². The van der Waals surface area contributed by atoms with Gasteiger partial charge in [0, 0.05) is 70.0 Å². The first-order valence-corrected chi connectivity index (χ1v) is 14.0. The van der Waals surface area contributed by atoms with Crippen molar-refractivity contribution in [2.75, 3.05) is 61.3 Å². The third-order valence-electron chi connectivity index (χ3n) is 5.59. The zero-order valence-electron chi connectivity index (χ0n) is 19.2. The molecule has 4 rings (SSSR count). The number of thiol groups is 1. The summed E-state index contributed by atoms with van der Waals surface area (Å²) in [5.41, 5.74) is 0.987. The lowest BCUT2D eigenvalue weighted by molar-refractivity contribution is 0.202. The molecule has 0 radical (unpaired) electrons. The van der Waals surface area contributed by atoms with E-state index in [1.165, 1.54) is 18.5 Å². The molecule has 194 valence electrons. The number of hydrogen-bond acceptors (Lipinski definition) is 10. The fraction of sp³-hybridized carbons (Fsp3) is 0.333. The van der Waals surface area contributed by atoms with Gasteiger partial charge in [0.05, 0.1) is 28.3 Å². The average molecular weight is 576 g/mol. The first-order chi connectivity index (χ1) is 17.1. The molecule has 0 saturated carbocycles. The highest BCUT2D eigenvalue weighted by molar-refractivity contribution is 7.93. The molecular weight excluding hydrogens is 552 g/mol. The van der Waals surface area contributed by atoms with E-state index in [0.717, 1.165) is 56.2 Å². The van der Waals surface area contributed by atoms with Gasteiger partial charge in [-0.05, 0) is 6.07 Å². The number of anilines is 4. The molecule has 2 N–H and O–H groups in total. The standard InChI is InChI=1S/C21H24ClF2N7O2S3/c1-29(3-4-30-5-7-31(34)8-6-30)18-12-20(24)26-13-17(18)27-16-11-15(23)19(10-14(16)22)36(32,33)28-21-25-2-9-35-21/h2,9-13,27,34H,3-8H2,1H3,(H,25,28). The number of nitrogens with zero attached hydrogens (tertiary/aromatic N) is 5. The minimum atomic E-state index is -4.25. The maximum atomic E-state index is 14.9. The summed E-state index contributed by atoms with van der Waals surface area (Å²) in [5, 5.41) is 4.60. The van der Waals surface area contributed by atoms with Crippen molar-refractivity contribution in [1.82, 2.24) is 19.2 Å². The van der Waals surface area contributed by atoms with E-state index >= 15 is 0 Å². The lowest BCUT2D eigenvalue weighted by atomic mass is 10.2. The Bertz CT molecular complexity index is 1310. The molecule has 1 saturated heterocycles. The summed E-state index contributed by atoms with van der Waals surface area (Å²) in [6.07, 6.45) is 2.70. The van der Waals surface area contributed by atoms with Gasteiger partial charge in [-0.3, -0.25) is 13.9 Å². The summed E-state index contributed by atoms with van der Waals surface area (Å²) in [6.45, 7) is 4.85. The molecule has 0 amide bonds. The molecule has 1 aromatic carbocycles. The van der Waals surface area contributed by atoms with Gasteiger partial charge in [0.2, 0.25) is 5.95 Å². The molecule has 0 unspecified atom stereocenters. The fourth-order valence-corrected chi connectivity index (χ4v) is 5.95. The van der Waals surface area contributed by atoms with Crippen LogP contribution in [0.2, 0.25) is 5.02 Å². The van der Waals surface area contributed by atoms with Crippen molar-refractivity contribution in [2.24, 2.45) is 0 Å². The molecule has 3 aromatic rings. The van der Waals surface area contributed by atoms with Crippen molar-refractivity contribution in [1.29, 1.82) is 0 Å². The van der Waals surface area contributed by atoms with Gasteiger partial charge in [0.1, 0.15) is 10.7 Å². The molecule has 0 bridgehead atoms. The minimum absolute atomic E-state index is 0.0431. The highest BCUT2D eigenvalue weighted by Gasteiger charge is 2.23. The van der Waals surface area contributed by atoms with E-state index in [9.17, 15) is 17.2 Å².